The van der Waals surface area contributed by atoms with Gasteiger partial charge in [0, 0.05) is 22.6 Å². The van der Waals surface area contributed by atoms with Crippen LogP contribution in [0.4, 0.5) is 0 Å². The van der Waals surface area contributed by atoms with Gasteiger partial charge in [0.1, 0.15) is 12.9 Å². The van der Waals surface area contributed by atoms with E-state index in [1.54, 1.807) is 11.0 Å². The van der Waals surface area contributed by atoms with Crippen molar-refractivity contribution in [1.29, 1.82) is 0 Å². The van der Waals surface area contributed by atoms with Gasteiger partial charge in [-0.15, -0.1) is 11.5 Å². The molecule has 0 aliphatic carbocycles. The molecule has 0 aromatic carbocycles. The lowest BCUT2D eigenvalue weighted by atomic mass is 10.7. The van der Waals surface area contributed by atoms with Crippen LogP contribution in [0.3, 0.4) is 0 Å². The average molecular weight is 233 g/mol. The molecule has 0 radical (unpaired) electrons. The Bertz CT molecular complexity index is 235. The zero-order chi connectivity index (χ0) is 6.69. The highest BCUT2D eigenvalue weighted by atomic mass is 127. The molecule has 1 rings (SSSR count). The predicted octanol–water partition coefficient (Wildman–Crippen LogP) is 0.516. The number of aromatic nitrogens is 3. The van der Waals surface area contributed by atoms with Crippen molar-refractivity contribution < 1.29 is 0 Å². The lowest BCUT2D eigenvalue weighted by Gasteiger charge is -1.86. The van der Waals surface area contributed by atoms with Crippen LogP contribution in [0.5, 0.6) is 0 Å². The van der Waals surface area contributed by atoms with Gasteiger partial charge in [-0.05, 0) is 0 Å². The third-order valence-electron chi connectivity index (χ3n) is 0.762. The van der Waals surface area contributed by atoms with Crippen LogP contribution in [0.15, 0.2) is 6.33 Å². The van der Waals surface area contributed by atoms with E-state index in [1.165, 1.54) is 0 Å². The summed E-state index contributed by atoms with van der Waals surface area (Å²) >= 11 is 2.03. The highest BCUT2D eigenvalue weighted by molar-refractivity contribution is 14.1. The molecule has 9 heavy (non-hydrogen) atoms. The smallest absolute Gasteiger partial charge is 0.211 e. The Hall–Kier alpha value is -0.570. The summed E-state index contributed by atoms with van der Waals surface area (Å²) in [6.45, 7) is 0.496. The minimum absolute atomic E-state index is 0.496. The fraction of sp³-hybridized carbons (Fsp3) is 0.200. The van der Waals surface area contributed by atoms with Gasteiger partial charge in [-0.3, -0.25) is 0 Å². The molecule has 0 bridgehead atoms. The number of terminal acetylenes is 1. The fourth-order valence-electron chi connectivity index (χ4n) is 0.442. The maximum absolute atomic E-state index is 5.03. The van der Waals surface area contributed by atoms with E-state index < -0.39 is 0 Å². The number of rotatable bonds is 1. The topological polar surface area (TPSA) is 30.7 Å². The van der Waals surface area contributed by atoms with Gasteiger partial charge < -0.3 is 0 Å². The molecule has 0 amide bonds. The van der Waals surface area contributed by atoms with Crippen molar-refractivity contribution in [2.45, 2.75) is 6.54 Å². The Labute approximate surface area is 66.6 Å². The van der Waals surface area contributed by atoms with Crippen molar-refractivity contribution in [2.75, 3.05) is 0 Å². The van der Waals surface area contributed by atoms with Crippen LogP contribution in [0, 0.1) is 16.2 Å². The molecule has 0 fully saturated rings. The van der Waals surface area contributed by atoms with E-state index in [-0.39, 0.29) is 0 Å². The van der Waals surface area contributed by atoms with Crippen LogP contribution in [-0.2, 0) is 6.54 Å². The number of hydrogen-bond acceptors (Lipinski definition) is 2. The highest BCUT2D eigenvalue weighted by Crippen LogP contribution is 1.92. The third-order valence-corrected chi connectivity index (χ3v) is 1.26. The van der Waals surface area contributed by atoms with E-state index in [4.69, 9.17) is 6.42 Å². The van der Waals surface area contributed by atoms with Crippen molar-refractivity contribution in [3.05, 3.63) is 10.2 Å². The molecule has 3 nitrogen and oxygen atoms in total. The van der Waals surface area contributed by atoms with E-state index in [0.717, 1.165) is 3.83 Å². The van der Waals surface area contributed by atoms with Gasteiger partial charge in [0.15, 0.2) is 0 Å². The minimum atomic E-state index is 0.496. The molecule has 0 spiro atoms. The SMILES string of the molecule is C#CCn1cnc(I)n1. The van der Waals surface area contributed by atoms with Gasteiger partial charge in [-0.2, -0.15) is 0 Å². The summed E-state index contributed by atoms with van der Waals surface area (Å²) in [6, 6.07) is 0. The second-order valence-corrected chi connectivity index (χ2v) is 2.38. The Morgan fingerprint density at radius 1 is 1.89 bits per heavy atom. The third kappa shape index (κ3) is 1.68. The van der Waals surface area contributed by atoms with E-state index in [0.29, 0.717) is 6.54 Å². The van der Waals surface area contributed by atoms with Gasteiger partial charge in [0.05, 0.1) is 0 Å². The highest BCUT2D eigenvalue weighted by Gasteiger charge is 1.90. The maximum Gasteiger partial charge on any atom is 0.211 e. The van der Waals surface area contributed by atoms with Gasteiger partial charge in [-0.1, -0.05) is 5.92 Å². The van der Waals surface area contributed by atoms with E-state index in [2.05, 4.69) is 16.0 Å². The number of hydrogen-bond donors (Lipinski definition) is 0. The second kappa shape index (κ2) is 2.82. The first kappa shape index (κ1) is 6.55. The molecule has 0 unspecified atom stereocenters. The van der Waals surface area contributed by atoms with Gasteiger partial charge >= 0.3 is 0 Å². The zero-order valence-electron chi connectivity index (χ0n) is 4.58. The second-order valence-electron chi connectivity index (χ2n) is 1.42. The van der Waals surface area contributed by atoms with E-state index in [9.17, 15) is 0 Å². The van der Waals surface area contributed by atoms with E-state index in [1.807, 2.05) is 22.6 Å². The first-order chi connectivity index (χ1) is 4.33. The lowest BCUT2D eigenvalue weighted by molar-refractivity contribution is 0.708. The molecular formula is C5H4IN3. The van der Waals surface area contributed by atoms with Crippen LogP contribution in [0.1, 0.15) is 0 Å². The molecule has 0 saturated carbocycles. The molecule has 0 aliphatic heterocycles. The lowest BCUT2D eigenvalue weighted by Crippen LogP contribution is -1.95. The number of halogens is 1. The molecular weight excluding hydrogens is 229 g/mol. The monoisotopic (exact) mass is 233 g/mol. The zero-order valence-corrected chi connectivity index (χ0v) is 6.74. The first-order valence-corrected chi connectivity index (χ1v) is 3.39. The molecule has 0 saturated heterocycles. The summed E-state index contributed by atoms with van der Waals surface area (Å²) in [4.78, 5) is 3.88. The molecule has 1 aromatic rings. The predicted molar refractivity (Wildman–Crippen MR) is 41.6 cm³/mol. The summed E-state index contributed by atoms with van der Waals surface area (Å²) < 4.78 is 2.34. The maximum atomic E-state index is 5.03. The van der Waals surface area contributed by atoms with Gasteiger partial charge in [-0.25, -0.2) is 9.67 Å². The van der Waals surface area contributed by atoms with Crippen molar-refractivity contribution >= 4 is 22.6 Å². The molecule has 1 aromatic heterocycles. The summed E-state index contributed by atoms with van der Waals surface area (Å²) in [7, 11) is 0. The van der Waals surface area contributed by atoms with Gasteiger partial charge in [0.2, 0.25) is 3.83 Å². The normalized spacial score (nSPS) is 8.89. The Balaban J connectivity index is 2.76. The number of nitrogens with zero attached hydrogens (tertiary/aromatic N) is 3. The van der Waals surface area contributed by atoms with E-state index >= 15 is 0 Å². The average Bonchev–Trinajstić information content (AvgIpc) is 2.17. The standard InChI is InChI=1S/C5H4IN3/c1-2-3-9-4-7-5(6)8-9/h1,4H,3H2. The van der Waals surface area contributed by atoms with Crippen molar-refractivity contribution in [3.8, 4) is 12.3 Å². The Kier molecular flexibility index (Phi) is 2.05. The molecule has 1 heterocycles. The quantitative estimate of drug-likeness (QED) is 0.522. The summed E-state index contributed by atoms with van der Waals surface area (Å²) in [5.74, 6) is 2.45. The minimum Gasteiger partial charge on any atom is -0.240 e. The van der Waals surface area contributed by atoms with Crippen molar-refractivity contribution in [1.82, 2.24) is 14.8 Å². The largest absolute Gasteiger partial charge is 0.240 e. The van der Waals surface area contributed by atoms with Gasteiger partial charge in [0.25, 0.3) is 0 Å². The molecule has 0 N–H and O–H groups in total. The summed E-state index contributed by atoms with van der Waals surface area (Å²) in [5.41, 5.74) is 0. The molecule has 4 heteroatoms. The molecule has 0 aliphatic rings. The van der Waals surface area contributed by atoms with Crippen LogP contribution in [0.25, 0.3) is 0 Å². The summed E-state index contributed by atoms with van der Waals surface area (Å²) in [6.07, 6.45) is 6.64. The molecule has 0 atom stereocenters. The van der Waals surface area contributed by atoms with Crippen molar-refractivity contribution in [2.24, 2.45) is 0 Å². The first-order valence-electron chi connectivity index (χ1n) is 2.31. The van der Waals surface area contributed by atoms with Crippen LogP contribution in [-0.4, -0.2) is 14.8 Å². The van der Waals surface area contributed by atoms with Crippen LogP contribution in [0.2, 0.25) is 0 Å². The molecule has 46 valence electrons. The van der Waals surface area contributed by atoms with Crippen molar-refractivity contribution in [3.63, 3.8) is 0 Å². The fourth-order valence-corrected chi connectivity index (χ4v) is 0.843. The Morgan fingerprint density at radius 3 is 3.11 bits per heavy atom. The van der Waals surface area contributed by atoms with Crippen LogP contribution >= 0.6 is 22.6 Å². The Morgan fingerprint density at radius 2 is 2.67 bits per heavy atom. The van der Waals surface area contributed by atoms with Crippen LogP contribution < -0.4 is 0 Å². The summed E-state index contributed by atoms with van der Waals surface area (Å²) in [5, 5.41) is 3.95.